The molecule has 4 saturated heterocycles. The third kappa shape index (κ3) is 7.54. The van der Waals surface area contributed by atoms with Gasteiger partial charge in [-0.15, -0.1) is 22.7 Å². The lowest BCUT2D eigenvalue weighted by atomic mass is 9.78. The number of Topliss-reactive ketones (excluding diaryl/α,β-unsaturated/α-hetero) is 1. The number of ketones is 1. The van der Waals surface area contributed by atoms with Crippen molar-refractivity contribution in [3.8, 4) is 0 Å². The fraction of sp³-hybridized carbons (Fsp3) is 0.780. The second kappa shape index (κ2) is 16.3. The number of fused-ring (bicyclic) bond motifs is 2. The quantitative estimate of drug-likeness (QED) is 0.275. The molecule has 0 spiro atoms. The highest BCUT2D eigenvalue weighted by Gasteiger charge is 2.39. The Morgan fingerprint density at radius 2 is 0.942 bits per heavy atom. The Morgan fingerprint density at radius 1 is 0.558 bits per heavy atom. The van der Waals surface area contributed by atoms with E-state index >= 15 is 0 Å². The number of rotatable bonds is 8. The zero-order valence-corrected chi connectivity index (χ0v) is 33.2. The molecule has 6 heterocycles. The van der Waals surface area contributed by atoms with Gasteiger partial charge in [0.25, 0.3) is 11.8 Å². The topological polar surface area (TPSA) is 90.0 Å². The lowest BCUT2D eigenvalue weighted by Gasteiger charge is -2.43. The van der Waals surface area contributed by atoms with E-state index in [-0.39, 0.29) is 23.9 Å². The van der Waals surface area contributed by atoms with Gasteiger partial charge in [0.15, 0.2) is 5.78 Å². The van der Waals surface area contributed by atoms with E-state index in [4.69, 9.17) is 9.97 Å². The lowest BCUT2D eigenvalue weighted by molar-refractivity contribution is -0.129. The van der Waals surface area contributed by atoms with Crippen LogP contribution in [0, 0.1) is 11.8 Å². The SMILES string of the molecule is CC(C(=O)C(C)N1CCC(c2nc(C(=O)N3CCCC4CCCCC43)cs2)CC1)N1CCC(c2nc(C(=O)N3CCCC4CCCCC43)cs2)CC1. The van der Waals surface area contributed by atoms with Crippen LogP contribution in [-0.2, 0) is 4.79 Å². The molecule has 6 unspecified atom stereocenters. The average molecular weight is 749 g/mol. The Morgan fingerprint density at radius 3 is 1.37 bits per heavy atom. The van der Waals surface area contributed by atoms with Crippen molar-refractivity contribution in [2.75, 3.05) is 39.3 Å². The number of carbonyl (C=O) groups excluding carboxylic acids is 3. The molecule has 0 N–H and O–H groups in total. The Bertz CT molecular complexity index is 1440. The van der Waals surface area contributed by atoms with Crippen LogP contribution < -0.4 is 0 Å². The highest BCUT2D eigenvalue weighted by atomic mass is 32.1. The molecule has 2 aromatic rings. The second-order valence-corrected chi connectivity index (χ2v) is 18.8. The average Bonchev–Trinajstić information content (AvgIpc) is 3.91. The van der Waals surface area contributed by atoms with Gasteiger partial charge in [-0.3, -0.25) is 24.2 Å². The van der Waals surface area contributed by atoms with Gasteiger partial charge >= 0.3 is 0 Å². The smallest absolute Gasteiger partial charge is 0.273 e. The molecule has 8 rings (SSSR count). The molecule has 0 aromatic carbocycles. The molecule has 0 bridgehead atoms. The number of amides is 2. The van der Waals surface area contributed by atoms with Crippen molar-refractivity contribution in [1.82, 2.24) is 29.6 Å². The third-order valence-electron chi connectivity index (χ3n) is 14.2. The van der Waals surface area contributed by atoms with Crippen molar-refractivity contribution < 1.29 is 14.4 Å². The summed E-state index contributed by atoms with van der Waals surface area (Å²) in [7, 11) is 0. The standard InChI is InChI=1S/C41H60N6O3S2/c1-27(44-21-15-31(16-22-44)38-42-33(25-51-38)40(49)46-19-7-11-29-9-3-5-13-35(29)46)37(48)28(2)45-23-17-32(18-24-45)39-43-34(26-52-39)41(50)47-20-8-12-30-10-4-6-14-36(30)47/h25-32,35-36H,3-24H2,1-2H3. The second-order valence-electron chi connectivity index (χ2n) is 17.0. The van der Waals surface area contributed by atoms with E-state index in [1.807, 2.05) is 10.8 Å². The van der Waals surface area contributed by atoms with Gasteiger partial charge in [0.1, 0.15) is 11.4 Å². The molecule has 6 aliphatic rings. The van der Waals surface area contributed by atoms with Crippen LogP contribution >= 0.6 is 22.7 Å². The molecule has 6 fully saturated rings. The van der Waals surface area contributed by atoms with E-state index in [0.29, 0.717) is 52.9 Å². The molecule has 4 aliphatic heterocycles. The number of hydrogen-bond donors (Lipinski definition) is 0. The Hall–Kier alpha value is -2.21. The fourth-order valence-electron chi connectivity index (χ4n) is 11.0. The van der Waals surface area contributed by atoms with E-state index in [1.165, 1.54) is 51.4 Å². The molecule has 0 radical (unpaired) electrons. The minimum Gasteiger partial charge on any atom is -0.334 e. The lowest BCUT2D eigenvalue weighted by Crippen LogP contribution is -2.52. The molecule has 52 heavy (non-hydrogen) atoms. The molecule has 6 atom stereocenters. The summed E-state index contributed by atoms with van der Waals surface area (Å²) in [5.41, 5.74) is 1.29. The van der Waals surface area contributed by atoms with E-state index in [0.717, 1.165) is 101 Å². The van der Waals surface area contributed by atoms with Crippen LogP contribution in [0.15, 0.2) is 10.8 Å². The summed E-state index contributed by atoms with van der Waals surface area (Å²) in [6.07, 6.45) is 18.6. The Kier molecular flexibility index (Phi) is 11.5. The highest BCUT2D eigenvalue weighted by Crippen LogP contribution is 2.39. The van der Waals surface area contributed by atoms with Crippen molar-refractivity contribution >= 4 is 40.3 Å². The van der Waals surface area contributed by atoms with E-state index in [1.54, 1.807) is 22.7 Å². The summed E-state index contributed by atoms with van der Waals surface area (Å²) in [6, 6.07) is 0.590. The van der Waals surface area contributed by atoms with Crippen LogP contribution in [0.5, 0.6) is 0 Å². The number of nitrogens with zero attached hydrogens (tertiary/aromatic N) is 6. The highest BCUT2D eigenvalue weighted by molar-refractivity contribution is 7.10. The number of carbonyl (C=O) groups is 3. The minimum atomic E-state index is -0.115. The van der Waals surface area contributed by atoms with E-state index in [9.17, 15) is 14.4 Å². The van der Waals surface area contributed by atoms with Crippen molar-refractivity contribution in [2.24, 2.45) is 11.8 Å². The van der Waals surface area contributed by atoms with E-state index in [2.05, 4.69) is 33.4 Å². The van der Waals surface area contributed by atoms with Gasteiger partial charge in [-0.25, -0.2) is 9.97 Å². The van der Waals surface area contributed by atoms with Gasteiger partial charge in [-0.2, -0.15) is 0 Å². The van der Waals surface area contributed by atoms with Crippen molar-refractivity contribution in [3.63, 3.8) is 0 Å². The monoisotopic (exact) mass is 748 g/mol. The molecular weight excluding hydrogens is 689 g/mol. The molecule has 284 valence electrons. The van der Waals surface area contributed by atoms with Crippen LogP contribution in [0.2, 0.25) is 0 Å². The Labute approximate surface area is 318 Å². The van der Waals surface area contributed by atoms with Crippen molar-refractivity contribution in [1.29, 1.82) is 0 Å². The Balaban J connectivity index is 0.796. The van der Waals surface area contributed by atoms with Crippen LogP contribution in [-0.4, -0.2) is 111 Å². The maximum atomic E-state index is 13.8. The molecule has 2 saturated carbocycles. The van der Waals surface area contributed by atoms with Gasteiger partial charge in [0.05, 0.1) is 22.1 Å². The third-order valence-corrected chi connectivity index (χ3v) is 16.2. The first-order chi connectivity index (χ1) is 25.4. The van der Waals surface area contributed by atoms with Crippen LogP contribution in [0.4, 0.5) is 0 Å². The number of hydrogen-bond acceptors (Lipinski definition) is 9. The summed E-state index contributed by atoms with van der Waals surface area (Å²) in [6.45, 7) is 9.47. The maximum Gasteiger partial charge on any atom is 0.273 e. The zero-order chi connectivity index (χ0) is 35.8. The number of likely N-dealkylation sites (tertiary alicyclic amines) is 4. The number of thiazole rings is 2. The van der Waals surface area contributed by atoms with Gasteiger partial charge in [-0.05, 0) is 129 Å². The molecule has 2 aromatic heterocycles. The molecular formula is C41H60N6O3S2. The summed E-state index contributed by atoms with van der Waals surface area (Å²) in [5, 5.41) is 6.19. The van der Waals surface area contributed by atoms with Gasteiger partial charge < -0.3 is 9.80 Å². The summed E-state index contributed by atoms with van der Waals surface area (Å²) < 4.78 is 0. The maximum absolute atomic E-state index is 13.8. The fourth-order valence-corrected chi connectivity index (χ4v) is 12.9. The number of piperidine rings is 4. The molecule has 11 heteroatoms. The minimum absolute atomic E-state index is 0.115. The van der Waals surface area contributed by atoms with Gasteiger partial charge in [0, 0.05) is 47.8 Å². The van der Waals surface area contributed by atoms with Crippen molar-refractivity contribution in [2.45, 2.75) is 153 Å². The van der Waals surface area contributed by atoms with Crippen LogP contribution in [0.3, 0.4) is 0 Å². The van der Waals surface area contributed by atoms with Crippen LogP contribution in [0.1, 0.15) is 159 Å². The molecule has 2 amide bonds. The van der Waals surface area contributed by atoms with Crippen LogP contribution in [0.25, 0.3) is 0 Å². The molecule has 9 nitrogen and oxygen atoms in total. The van der Waals surface area contributed by atoms with Gasteiger partial charge in [-0.1, -0.05) is 25.7 Å². The molecule has 2 aliphatic carbocycles. The summed E-state index contributed by atoms with van der Waals surface area (Å²) in [4.78, 5) is 59.9. The normalized spacial score (nSPS) is 29.7. The van der Waals surface area contributed by atoms with E-state index < -0.39 is 0 Å². The zero-order valence-electron chi connectivity index (χ0n) is 31.6. The summed E-state index contributed by atoms with van der Waals surface area (Å²) >= 11 is 3.31. The van der Waals surface area contributed by atoms with Gasteiger partial charge in [0.2, 0.25) is 0 Å². The predicted molar refractivity (Wildman–Crippen MR) is 207 cm³/mol. The predicted octanol–water partition coefficient (Wildman–Crippen LogP) is 7.59. The largest absolute Gasteiger partial charge is 0.334 e. The van der Waals surface area contributed by atoms with Crippen molar-refractivity contribution in [3.05, 3.63) is 32.2 Å². The first-order valence-corrected chi connectivity index (χ1v) is 22.7. The first kappa shape index (κ1) is 36.8. The summed E-state index contributed by atoms with van der Waals surface area (Å²) in [5.74, 6) is 2.67. The number of aromatic nitrogens is 2. The first-order valence-electron chi connectivity index (χ1n) is 20.9.